The van der Waals surface area contributed by atoms with Crippen molar-refractivity contribution >= 4 is 31.6 Å². The molecule has 18 heavy (non-hydrogen) atoms. The van der Waals surface area contributed by atoms with Crippen molar-refractivity contribution in [3.63, 3.8) is 0 Å². The molecule has 0 aliphatic rings. The molecular weight excluding hydrogens is 330 g/mol. The second-order valence-corrected chi connectivity index (χ2v) is 6.32. The predicted octanol–water partition coefficient (Wildman–Crippen LogP) is 2.08. The molecule has 0 radical (unpaired) electrons. The van der Waals surface area contributed by atoms with Gasteiger partial charge in [0, 0.05) is 10.5 Å². The summed E-state index contributed by atoms with van der Waals surface area (Å²) >= 11 is 2.91. The fourth-order valence-electron chi connectivity index (χ4n) is 1.29. The number of rotatable bonds is 6. The quantitative estimate of drug-likeness (QED) is 0.778. The second-order valence-electron chi connectivity index (χ2n) is 3.62. The van der Waals surface area contributed by atoms with E-state index in [4.69, 9.17) is 0 Å². The Hall–Kier alpha value is -0.730. The number of sulfonamides is 1. The summed E-state index contributed by atoms with van der Waals surface area (Å²) in [5, 5.41) is 2.81. The maximum Gasteiger partial charge on any atom is 0.232 e. The zero-order chi connectivity index (χ0) is 13.8. The molecule has 4 nitrogen and oxygen atoms in total. The normalized spacial score (nSPS) is 11.6. The molecule has 0 aliphatic carbocycles. The van der Waals surface area contributed by atoms with E-state index in [0.29, 0.717) is 19.0 Å². The van der Waals surface area contributed by atoms with Gasteiger partial charge in [0.05, 0.1) is 11.4 Å². The van der Waals surface area contributed by atoms with Crippen LogP contribution in [0.3, 0.4) is 0 Å². The summed E-state index contributed by atoms with van der Waals surface area (Å²) in [7, 11) is -1.94. The molecule has 0 saturated heterocycles. The molecule has 1 rings (SSSR count). The molecule has 8 heteroatoms. The maximum absolute atomic E-state index is 13.4. The van der Waals surface area contributed by atoms with Gasteiger partial charge in [0.1, 0.15) is 5.82 Å². The fraction of sp³-hybridized carbons (Fsp3) is 0.400. The highest BCUT2D eigenvalue weighted by Gasteiger charge is 2.16. The van der Waals surface area contributed by atoms with E-state index >= 15 is 0 Å². The van der Waals surface area contributed by atoms with Crippen molar-refractivity contribution in [3.05, 3.63) is 28.2 Å². The number of anilines is 1. The van der Waals surface area contributed by atoms with Crippen molar-refractivity contribution in [2.45, 2.75) is 6.42 Å². The van der Waals surface area contributed by atoms with Crippen molar-refractivity contribution in [2.75, 3.05) is 24.1 Å². The van der Waals surface area contributed by atoms with E-state index in [1.165, 1.54) is 0 Å². The SMILES string of the molecule is CNCCCS(=O)(=O)Nc1c(F)cc(F)cc1Br. The van der Waals surface area contributed by atoms with Gasteiger partial charge < -0.3 is 5.32 Å². The second kappa shape index (κ2) is 6.44. The van der Waals surface area contributed by atoms with Gasteiger partial charge in [0.2, 0.25) is 10.0 Å². The number of nitrogens with one attached hydrogen (secondary N) is 2. The molecule has 0 saturated carbocycles. The van der Waals surface area contributed by atoms with Gasteiger partial charge >= 0.3 is 0 Å². The minimum atomic E-state index is -3.65. The van der Waals surface area contributed by atoms with E-state index in [-0.39, 0.29) is 15.9 Å². The third-order valence-electron chi connectivity index (χ3n) is 2.10. The highest BCUT2D eigenvalue weighted by atomic mass is 79.9. The summed E-state index contributed by atoms with van der Waals surface area (Å²) in [6, 6.07) is 1.62. The lowest BCUT2D eigenvalue weighted by molar-refractivity contribution is 0.580. The lowest BCUT2D eigenvalue weighted by Crippen LogP contribution is -2.21. The molecule has 0 aliphatic heterocycles. The highest BCUT2D eigenvalue weighted by Crippen LogP contribution is 2.27. The molecule has 1 aromatic rings. The molecule has 0 aromatic heterocycles. The van der Waals surface area contributed by atoms with E-state index in [1.54, 1.807) is 7.05 Å². The van der Waals surface area contributed by atoms with Gasteiger partial charge in [-0.1, -0.05) is 0 Å². The van der Waals surface area contributed by atoms with Crippen LogP contribution < -0.4 is 10.0 Å². The molecular formula is C10H13BrF2N2O2S. The fourth-order valence-corrected chi connectivity index (χ4v) is 3.07. The monoisotopic (exact) mass is 342 g/mol. The summed E-state index contributed by atoms with van der Waals surface area (Å²) in [6.07, 6.45) is 0.395. The number of hydrogen-bond donors (Lipinski definition) is 2. The maximum atomic E-state index is 13.4. The smallest absolute Gasteiger partial charge is 0.232 e. The third kappa shape index (κ3) is 4.51. The summed E-state index contributed by atoms with van der Waals surface area (Å²) in [5.41, 5.74) is -0.277. The van der Waals surface area contributed by atoms with Crippen LogP contribution >= 0.6 is 15.9 Å². The zero-order valence-corrected chi connectivity index (χ0v) is 12.0. The minimum absolute atomic E-state index is 0.0252. The molecule has 0 bridgehead atoms. The Morgan fingerprint density at radius 2 is 2.00 bits per heavy atom. The van der Waals surface area contributed by atoms with Crippen molar-refractivity contribution in [1.29, 1.82) is 0 Å². The Morgan fingerprint density at radius 1 is 1.33 bits per heavy atom. The first-order valence-electron chi connectivity index (χ1n) is 5.15. The molecule has 102 valence electrons. The Morgan fingerprint density at radius 3 is 2.56 bits per heavy atom. The summed E-state index contributed by atoms with van der Waals surface area (Å²) in [5.74, 6) is -1.88. The highest BCUT2D eigenvalue weighted by molar-refractivity contribution is 9.10. The van der Waals surface area contributed by atoms with E-state index in [0.717, 1.165) is 6.07 Å². The van der Waals surface area contributed by atoms with Crippen LogP contribution in [0.25, 0.3) is 0 Å². The van der Waals surface area contributed by atoms with Crippen LogP contribution in [-0.4, -0.2) is 27.8 Å². The third-order valence-corrected chi connectivity index (χ3v) is 4.07. The summed E-state index contributed by atoms with van der Waals surface area (Å²) < 4.78 is 51.7. The minimum Gasteiger partial charge on any atom is -0.320 e. The summed E-state index contributed by atoms with van der Waals surface area (Å²) in [6.45, 7) is 0.536. The average molecular weight is 343 g/mol. The van der Waals surface area contributed by atoms with Gasteiger partial charge in [0.15, 0.2) is 5.82 Å². The van der Waals surface area contributed by atoms with Gasteiger partial charge in [-0.25, -0.2) is 17.2 Å². The van der Waals surface area contributed by atoms with Gasteiger partial charge in [-0.2, -0.15) is 0 Å². The Kier molecular flexibility index (Phi) is 5.48. The van der Waals surface area contributed by atoms with Crippen LogP contribution in [0.4, 0.5) is 14.5 Å². The molecule has 0 unspecified atom stereocenters. The van der Waals surface area contributed by atoms with E-state index in [9.17, 15) is 17.2 Å². The van der Waals surface area contributed by atoms with E-state index in [1.807, 2.05) is 0 Å². The van der Waals surface area contributed by atoms with Gasteiger partial charge in [-0.3, -0.25) is 4.72 Å². The zero-order valence-electron chi connectivity index (χ0n) is 9.63. The molecule has 1 aromatic carbocycles. The first-order chi connectivity index (χ1) is 8.35. The predicted molar refractivity (Wildman–Crippen MR) is 70.0 cm³/mol. The van der Waals surface area contributed by atoms with E-state index < -0.39 is 21.7 Å². The standard InChI is InChI=1S/C10H13BrF2N2O2S/c1-14-3-2-4-18(16,17)15-10-8(11)5-7(12)6-9(10)13/h5-6,14-15H,2-4H2,1H3. The molecule has 0 spiro atoms. The lowest BCUT2D eigenvalue weighted by Gasteiger charge is -2.10. The van der Waals surface area contributed by atoms with Crippen LogP contribution in [0.5, 0.6) is 0 Å². The largest absolute Gasteiger partial charge is 0.320 e. The van der Waals surface area contributed by atoms with Crippen molar-refractivity contribution in [1.82, 2.24) is 5.32 Å². The van der Waals surface area contributed by atoms with Gasteiger partial charge in [-0.05, 0) is 42.0 Å². The Bertz CT molecular complexity index is 500. The number of benzene rings is 1. The van der Waals surface area contributed by atoms with Gasteiger partial charge in [0.25, 0.3) is 0 Å². The van der Waals surface area contributed by atoms with Crippen molar-refractivity contribution in [3.8, 4) is 0 Å². The number of hydrogen-bond acceptors (Lipinski definition) is 3. The van der Waals surface area contributed by atoms with Crippen molar-refractivity contribution in [2.24, 2.45) is 0 Å². The number of halogens is 3. The topological polar surface area (TPSA) is 58.2 Å². The molecule has 2 N–H and O–H groups in total. The van der Waals surface area contributed by atoms with Crippen LogP contribution in [0.15, 0.2) is 16.6 Å². The first-order valence-corrected chi connectivity index (χ1v) is 7.60. The average Bonchev–Trinajstić information content (AvgIpc) is 2.23. The molecule has 0 fully saturated rings. The first kappa shape index (κ1) is 15.3. The summed E-state index contributed by atoms with van der Waals surface area (Å²) in [4.78, 5) is 0. The lowest BCUT2D eigenvalue weighted by atomic mass is 10.3. The Balaban J connectivity index is 2.84. The molecule has 0 atom stereocenters. The van der Waals surface area contributed by atoms with Crippen LogP contribution in [0.2, 0.25) is 0 Å². The van der Waals surface area contributed by atoms with Crippen molar-refractivity contribution < 1.29 is 17.2 Å². The van der Waals surface area contributed by atoms with Crippen LogP contribution in [-0.2, 0) is 10.0 Å². The van der Waals surface area contributed by atoms with Crippen LogP contribution in [0, 0.1) is 11.6 Å². The Labute approximate surface area is 113 Å². The van der Waals surface area contributed by atoms with Gasteiger partial charge in [-0.15, -0.1) is 0 Å². The molecule has 0 heterocycles. The van der Waals surface area contributed by atoms with E-state index in [2.05, 4.69) is 26.0 Å². The van der Waals surface area contributed by atoms with Crippen LogP contribution in [0.1, 0.15) is 6.42 Å². The molecule has 0 amide bonds.